The molecule has 154 valence electrons. The number of carbonyl (C=O) groups excluding carboxylic acids is 2. The van der Waals surface area contributed by atoms with E-state index in [2.05, 4.69) is 50.0 Å². The van der Waals surface area contributed by atoms with Gasteiger partial charge in [0.25, 0.3) is 5.91 Å². The average molecular weight is 533 g/mol. The minimum atomic E-state index is -0.185. The number of thioether (sulfide) groups is 1. The van der Waals surface area contributed by atoms with Gasteiger partial charge in [-0.3, -0.25) is 9.59 Å². The van der Waals surface area contributed by atoms with Crippen molar-refractivity contribution in [3.63, 3.8) is 0 Å². The van der Waals surface area contributed by atoms with Gasteiger partial charge in [-0.1, -0.05) is 36.0 Å². The summed E-state index contributed by atoms with van der Waals surface area (Å²) in [6.07, 6.45) is 1.72. The molecule has 2 N–H and O–H groups in total. The maximum Gasteiger partial charge on any atom is 0.251 e. The van der Waals surface area contributed by atoms with Crippen molar-refractivity contribution in [1.82, 2.24) is 20.1 Å². The van der Waals surface area contributed by atoms with E-state index >= 15 is 0 Å². The number of aromatic nitrogens is 3. The minimum absolute atomic E-state index is 0.131. The van der Waals surface area contributed by atoms with Crippen molar-refractivity contribution < 1.29 is 9.59 Å². The van der Waals surface area contributed by atoms with Crippen molar-refractivity contribution in [2.45, 2.75) is 18.2 Å². The van der Waals surface area contributed by atoms with Crippen LogP contribution in [-0.2, 0) is 17.9 Å². The third kappa shape index (κ3) is 6.17. The van der Waals surface area contributed by atoms with Crippen LogP contribution in [0.15, 0.2) is 72.4 Å². The number of allylic oxidation sites excluding steroid dienone is 1. The number of carbonyl (C=O) groups is 2. The van der Waals surface area contributed by atoms with Crippen LogP contribution in [0.1, 0.15) is 16.2 Å². The van der Waals surface area contributed by atoms with Crippen LogP contribution in [0, 0.1) is 3.57 Å². The van der Waals surface area contributed by atoms with Gasteiger partial charge in [-0.15, -0.1) is 16.8 Å². The number of benzene rings is 2. The molecule has 0 aliphatic heterocycles. The zero-order chi connectivity index (χ0) is 21.3. The Hall–Kier alpha value is -2.66. The fourth-order valence-electron chi connectivity index (χ4n) is 2.58. The average Bonchev–Trinajstić information content (AvgIpc) is 3.14. The highest BCUT2D eigenvalue weighted by Gasteiger charge is 2.15. The predicted molar refractivity (Wildman–Crippen MR) is 126 cm³/mol. The van der Waals surface area contributed by atoms with Crippen LogP contribution in [-0.4, -0.2) is 32.3 Å². The molecular formula is C21H20IN5O2S. The van der Waals surface area contributed by atoms with Gasteiger partial charge in [0.05, 0.1) is 12.3 Å². The van der Waals surface area contributed by atoms with Crippen LogP contribution in [0.2, 0.25) is 0 Å². The molecule has 1 aromatic heterocycles. The second kappa shape index (κ2) is 10.9. The fraction of sp³-hybridized carbons (Fsp3) is 0.143. The summed E-state index contributed by atoms with van der Waals surface area (Å²) in [5.74, 6) is 0.473. The Bertz CT molecular complexity index is 1020. The van der Waals surface area contributed by atoms with Gasteiger partial charge >= 0.3 is 0 Å². The van der Waals surface area contributed by atoms with E-state index in [-0.39, 0.29) is 24.1 Å². The van der Waals surface area contributed by atoms with E-state index in [9.17, 15) is 9.59 Å². The van der Waals surface area contributed by atoms with Crippen LogP contribution in [0.3, 0.4) is 0 Å². The third-order valence-electron chi connectivity index (χ3n) is 4.01. The summed E-state index contributed by atoms with van der Waals surface area (Å²) >= 11 is 3.50. The highest BCUT2D eigenvalue weighted by atomic mass is 127. The monoisotopic (exact) mass is 533 g/mol. The van der Waals surface area contributed by atoms with Crippen LogP contribution < -0.4 is 10.6 Å². The Morgan fingerprint density at radius 3 is 2.53 bits per heavy atom. The van der Waals surface area contributed by atoms with Gasteiger partial charge in [0.1, 0.15) is 0 Å². The lowest BCUT2D eigenvalue weighted by atomic mass is 10.2. The first-order valence-corrected chi connectivity index (χ1v) is 11.2. The maximum atomic E-state index is 12.3. The zero-order valence-corrected chi connectivity index (χ0v) is 19.0. The summed E-state index contributed by atoms with van der Waals surface area (Å²) in [6.45, 7) is 4.47. The van der Waals surface area contributed by atoms with Gasteiger partial charge in [0, 0.05) is 21.4 Å². The predicted octanol–water partition coefficient (Wildman–Crippen LogP) is 3.73. The Morgan fingerprint density at radius 1 is 1.10 bits per heavy atom. The first kappa shape index (κ1) is 22.0. The molecule has 3 rings (SSSR count). The molecule has 7 nitrogen and oxygen atoms in total. The first-order valence-electron chi connectivity index (χ1n) is 9.11. The maximum absolute atomic E-state index is 12.3. The third-order valence-corrected chi connectivity index (χ3v) is 5.69. The smallest absolute Gasteiger partial charge is 0.251 e. The van der Waals surface area contributed by atoms with Crippen LogP contribution in [0.4, 0.5) is 5.69 Å². The molecule has 0 saturated heterocycles. The van der Waals surface area contributed by atoms with E-state index in [1.165, 1.54) is 11.8 Å². The number of rotatable bonds is 9. The number of anilines is 1. The van der Waals surface area contributed by atoms with Gasteiger partial charge in [0.15, 0.2) is 11.0 Å². The van der Waals surface area contributed by atoms with Crippen molar-refractivity contribution in [2.24, 2.45) is 0 Å². The molecule has 0 bridgehead atoms. The summed E-state index contributed by atoms with van der Waals surface area (Å²) in [6, 6.07) is 16.6. The lowest BCUT2D eigenvalue weighted by molar-refractivity contribution is -0.113. The number of nitrogens with one attached hydrogen (secondary N) is 2. The second-order valence-electron chi connectivity index (χ2n) is 6.19. The number of hydrogen-bond acceptors (Lipinski definition) is 5. The summed E-state index contributed by atoms with van der Waals surface area (Å²) < 4.78 is 2.94. The molecule has 0 spiro atoms. The van der Waals surface area contributed by atoms with E-state index < -0.39 is 0 Å². The first-order chi connectivity index (χ1) is 14.6. The normalized spacial score (nSPS) is 10.4. The topological polar surface area (TPSA) is 88.9 Å². The molecule has 0 fully saturated rings. The molecule has 0 atom stereocenters. The molecule has 0 radical (unpaired) electrons. The van der Waals surface area contributed by atoms with E-state index in [1.54, 1.807) is 18.2 Å². The fourth-order valence-corrected chi connectivity index (χ4v) is 3.71. The van der Waals surface area contributed by atoms with Crippen LogP contribution in [0.5, 0.6) is 0 Å². The van der Waals surface area contributed by atoms with Gasteiger partial charge in [-0.05, 0) is 59.0 Å². The number of nitrogens with zero attached hydrogens (tertiary/aromatic N) is 3. The highest BCUT2D eigenvalue weighted by molar-refractivity contribution is 14.1. The highest BCUT2D eigenvalue weighted by Crippen LogP contribution is 2.18. The Morgan fingerprint density at radius 2 is 1.83 bits per heavy atom. The van der Waals surface area contributed by atoms with Gasteiger partial charge in [-0.2, -0.15) is 0 Å². The zero-order valence-electron chi connectivity index (χ0n) is 16.0. The molecule has 1 heterocycles. The number of halogens is 1. The van der Waals surface area contributed by atoms with Crippen molar-refractivity contribution >= 4 is 51.9 Å². The van der Waals surface area contributed by atoms with Crippen molar-refractivity contribution in [1.29, 1.82) is 0 Å². The standard InChI is InChI=1S/C21H20IN5O2S/c1-2-12-27-18(13-23-20(29)15-6-4-3-5-7-15)25-26-21(27)30-14-19(28)24-17-10-8-16(22)9-11-17/h2-11H,1,12-14H2,(H,23,29)(H,24,28). The lowest BCUT2D eigenvalue weighted by Gasteiger charge is -2.09. The van der Waals surface area contributed by atoms with Crippen molar-refractivity contribution in [2.75, 3.05) is 11.1 Å². The van der Waals surface area contributed by atoms with E-state index in [0.717, 1.165) is 9.26 Å². The quantitative estimate of drug-likeness (QED) is 0.249. The van der Waals surface area contributed by atoms with Gasteiger partial charge in [0.2, 0.25) is 5.91 Å². The molecule has 2 amide bonds. The molecule has 3 aromatic rings. The second-order valence-corrected chi connectivity index (χ2v) is 8.38. The Kier molecular flexibility index (Phi) is 8.03. The molecule has 2 aromatic carbocycles. The summed E-state index contributed by atoms with van der Waals surface area (Å²) in [4.78, 5) is 24.5. The van der Waals surface area contributed by atoms with E-state index in [0.29, 0.717) is 23.1 Å². The number of amides is 2. The lowest BCUT2D eigenvalue weighted by Crippen LogP contribution is -2.24. The van der Waals surface area contributed by atoms with Gasteiger partial charge < -0.3 is 15.2 Å². The van der Waals surface area contributed by atoms with Gasteiger partial charge in [-0.25, -0.2) is 0 Å². The largest absolute Gasteiger partial charge is 0.345 e. The molecule has 0 aliphatic rings. The minimum Gasteiger partial charge on any atom is -0.345 e. The molecule has 30 heavy (non-hydrogen) atoms. The summed E-state index contributed by atoms with van der Waals surface area (Å²) in [5, 5.41) is 14.6. The molecule has 9 heteroatoms. The van der Waals surface area contributed by atoms with Crippen LogP contribution >= 0.6 is 34.4 Å². The summed E-state index contributed by atoms with van der Waals surface area (Å²) in [5.41, 5.74) is 1.33. The molecular weight excluding hydrogens is 513 g/mol. The molecule has 0 saturated carbocycles. The molecule has 0 unspecified atom stereocenters. The SMILES string of the molecule is C=CCn1c(CNC(=O)c2ccccc2)nnc1SCC(=O)Nc1ccc(I)cc1. The van der Waals surface area contributed by atoms with Crippen molar-refractivity contribution in [3.05, 3.63) is 82.2 Å². The number of hydrogen-bond donors (Lipinski definition) is 2. The van der Waals surface area contributed by atoms with Crippen molar-refractivity contribution in [3.8, 4) is 0 Å². The molecule has 0 aliphatic carbocycles. The van der Waals surface area contributed by atoms with E-state index in [4.69, 9.17) is 0 Å². The van der Waals surface area contributed by atoms with Crippen LogP contribution in [0.25, 0.3) is 0 Å². The Labute approximate surface area is 192 Å². The van der Waals surface area contributed by atoms with E-state index in [1.807, 2.05) is 47.0 Å². The Balaban J connectivity index is 1.59. The summed E-state index contributed by atoms with van der Waals surface area (Å²) in [7, 11) is 0.